The van der Waals surface area contributed by atoms with Gasteiger partial charge in [-0.2, -0.15) is 0 Å². The fourth-order valence-corrected chi connectivity index (χ4v) is 2.69. The molecule has 7 nitrogen and oxygen atoms in total. The van der Waals surface area contributed by atoms with E-state index in [2.05, 4.69) is 10.2 Å². The molecule has 2 aromatic rings. The van der Waals surface area contributed by atoms with Crippen LogP contribution >= 0.6 is 23.2 Å². The maximum atomic E-state index is 13.6. The molecule has 0 fully saturated rings. The van der Waals surface area contributed by atoms with Crippen molar-refractivity contribution in [2.75, 3.05) is 0 Å². The number of fused-ring (bicyclic) bond motifs is 1. The van der Waals surface area contributed by atoms with Crippen LogP contribution in [-0.4, -0.2) is 15.1 Å². The summed E-state index contributed by atoms with van der Waals surface area (Å²) in [5, 5.41) is 16.3. The molecule has 0 aliphatic heterocycles. The van der Waals surface area contributed by atoms with Crippen LogP contribution in [0.25, 0.3) is 5.83 Å². The van der Waals surface area contributed by atoms with Gasteiger partial charge in [-0.15, -0.1) is 5.10 Å². The Balaban J connectivity index is 2.05. The van der Waals surface area contributed by atoms with Gasteiger partial charge in [-0.3, -0.25) is 14.9 Å². The monoisotopic (exact) mass is 357 g/mol. The second kappa shape index (κ2) is 5.64. The highest BCUT2D eigenvalue weighted by Crippen LogP contribution is 2.41. The Morgan fingerprint density at radius 3 is 2.61 bits per heavy atom. The maximum absolute atomic E-state index is 13.6. The number of ether oxygens (including phenoxy) is 1. The second-order valence-electron chi connectivity index (χ2n) is 4.57. The molecule has 0 saturated heterocycles. The van der Waals surface area contributed by atoms with Crippen molar-refractivity contribution in [1.29, 1.82) is 0 Å². The lowest BCUT2D eigenvalue weighted by Gasteiger charge is -2.11. The Labute approximate surface area is 137 Å². The molecule has 1 aromatic carbocycles. The first-order valence-electron chi connectivity index (χ1n) is 6.17. The number of halogens is 3. The number of aromatic nitrogens is 2. The van der Waals surface area contributed by atoms with Gasteiger partial charge in [0.25, 0.3) is 11.2 Å². The van der Waals surface area contributed by atoms with Crippen molar-refractivity contribution in [2.45, 2.75) is 6.42 Å². The van der Waals surface area contributed by atoms with E-state index in [4.69, 9.17) is 27.9 Å². The molecule has 0 atom stereocenters. The third-order valence-corrected chi connectivity index (χ3v) is 3.72. The van der Waals surface area contributed by atoms with Crippen LogP contribution in [0, 0.1) is 10.1 Å². The smallest absolute Gasteiger partial charge is 0.274 e. The van der Waals surface area contributed by atoms with Crippen LogP contribution in [-0.2, 0) is 6.42 Å². The Bertz CT molecular complexity index is 903. The lowest BCUT2D eigenvalue weighted by Crippen LogP contribution is -2.15. The van der Waals surface area contributed by atoms with E-state index in [1.165, 1.54) is 6.08 Å². The number of hydrogen-bond acceptors (Lipinski definition) is 5. The largest absolute Gasteiger partial charge is 0.434 e. The van der Waals surface area contributed by atoms with Gasteiger partial charge in [0.2, 0.25) is 5.88 Å². The van der Waals surface area contributed by atoms with Crippen molar-refractivity contribution in [1.82, 2.24) is 10.2 Å². The highest BCUT2D eigenvalue weighted by molar-refractivity contribution is 6.37. The van der Waals surface area contributed by atoms with Crippen molar-refractivity contribution < 1.29 is 14.1 Å². The molecule has 0 bridgehead atoms. The van der Waals surface area contributed by atoms with Gasteiger partial charge in [0.15, 0.2) is 5.75 Å². The molecule has 0 radical (unpaired) electrons. The number of rotatable bonds is 3. The lowest BCUT2D eigenvalue weighted by atomic mass is 10.2. The summed E-state index contributed by atoms with van der Waals surface area (Å²) < 4.78 is 19.1. The molecule has 10 heteroatoms. The van der Waals surface area contributed by atoms with Gasteiger partial charge in [0.05, 0.1) is 20.5 Å². The molecule has 1 aliphatic rings. The van der Waals surface area contributed by atoms with E-state index in [1.54, 1.807) is 0 Å². The molecule has 0 spiro atoms. The summed E-state index contributed by atoms with van der Waals surface area (Å²) in [4.78, 5) is 21.7. The van der Waals surface area contributed by atoms with Gasteiger partial charge in [-0.1, -0.05) is 23.2 Å². The van der Waals surface area contributed by atoms with Crippen LogP contribution in [0.1, 0.15) is 11.1 Å². The number of nitro benzene ring substituents is 1. The highest BCUT2D eigenvalue weighted by Gasteiger charge is 2.25. The standard InChI is InChI=1S/C13H6Cl2FN3O4/c14-7-3-5(19(21)22)4-8(15)11(7)23-13-6-1-2-9(16)10(6)12(20)17-18-13/h2-4H,1H2,(H,17,20). The van der Waals surface area contributed by atoms with E-state index >= 15 is 0 Å². The Hall–Kier alpha value is -2.45. The number of benzene rings is 1. The van der Waals surface area contributed by atoms with Gasteiger partial charge in [-0.25, -0.2) is 9.49 Å². The fraction of sp³-hybridized carbons (Fsp3) is 0.0769. The Morgan fingerprint density at radius 1 is 1.35 bits per heavy atom. The number of H-pyrrole nitrogens is 1. The molecule has 3 rings (SSSR count). The van der Waals surface area contributed by atoms with Gasteiger partial charge in [0.1, 0.15) is 5.83 Å². The average molecular weight is 358 g/mol. The fourth-order valence-electron chi connectivity index (χ4n) is 2.14. The van der Waals surface area contributed by atoms with Crippen molar-refractivity contribution in [3.63, 3.8) is 0 Å². The zero-order chi connectivity index (χ0) is 16.7. The van der Waals surface area contributed by atoms with Gasteiger partial charge < -0.3 is 4.74 Å². The zero-order valence-corrected chi connectivity index (χ0v) is 12.6. The van der Waals surface area contributed by atoms with Gasteiger partial charge >= 0.3 is 0 Å². The van der Waals surface area contributed by atoms with Crippen LogP contribution in [0.4, 0.5) is 10.1 Å². The summed E-state index contributed by atoms with van der Waals surface area (Å²) in [6.45, 7) is 0. The average Bonchev–Trinajstić information content (AvgIpc) is 2.88. The van der Waals surface area contributed by atoms with E-state index in [0.717, 1.165) is 12.1 Å². The molecule has 118 valence electrons. The number of non-ortho nitro benzene ring substituents is 1. The molecule has 0 saturated carbocycles. The third-order valence-electron chi connectivity index (χ3n) is 3.16. The maximum Gasteiger partial charge on any atom is 0.274 e. The molecular formula is C13H6Cl2FN3O4. The van der Waals surface area contributed by atoms with Crippen molar-refractivity contribution in [3.8, 4) is 11.6 Å². The SMILES string of the molecule is O=c1[nH]nc(Oc2c(Cl)cc([N+](=O)[O-])cc2Cl)c2c1C(F)=CC2. The minimum atomic E-state index is -0.681. The van der Waals surface area contributed by atoms with Gasteiger partial charge in [0, 0.05) is 17.7 Å². The Kier molecular flexibility index (Phi) is 3.78. The Morgan fingerprint density at radius 2 is 2.00 bits per heavy atom. The highest BCUT2D eigenvalue weighted by atomic mass is 35.5. The minimum Gasteiger partial charge on any atom is -0.434 e. The predicted molar refractivity (Wildman–Crippen MR) is 80.8 cm³/mol. The van der Waals surface area contributed by atoms with Crippen molar-refractivity contribution in [2.24, 2.45) is 0 Å². The summed E-state index contributed by atoms with van der Waals surface area (Å²) >= 11 is 11.9. The predicted octanol–water partition coefficient (Wildman–Crippen LogP) is 3.64. The van der Waals surface area contributed by atoms with Crippen molar-refractivity contribution >= 4 is 34.7 Å². The molecule has 0 unspecified atom stereocenters. The molecule has 1 aliphatic carbocycles. The van der Waals surface area contributed by atoms with E-state index in [9.17, 15) is 19.3 Å². The number of hydrogen-bond donors (Lipinski definition) is 1. The zero-order valence-electron chi connectivity index (χ0n) is 11.1. The molecule has 1 heterocycles. The topological polar surface area (TPSA) is 98.1 Å². The number of nitrogens with zero attached hydrogens (tertiary/aromatic N) is 2. The molecule has 1 aromatic heterocycles. The quantitative estimate of drug-likeness (QED) is 0.667. The number of nitrogens with one attached hydrogen (secondary N) is 1. The van der Waals surface area contributed by atoms with Gasteiger partial charge in [-0.05, 0) is 12.5 Å². The van der Waals surface area contributed by atoms with E-state index in [1.807, 2.05) is 0 Å². The van der Waals surface area contributed by atoms with E-state index in [0.29, 0.717) is 0 Å². The summed E-state index contributed by atoms with van der Waals surface area (Å²) in [6, 6.07) is 2.13. The first-order valence-corrected chi connectivity index (χ1v) is 6.93. The summed E-state index contributed by atoms with van der Waals surface area (Å²) in [6.07, 6.45) is 1.34. The van der Waals surface area contributed by atoms with Crippen LogP contribution in [0.3, 0.4) is 0 Å². The summed E-state index contributed by atoms with van der Waals surface area (Å²) in [7, 11) is 0. The summed E-state index contributed by atoms with van der Waals surface area (Å²) in [5.74, 6) is -0.830. The first kappa shape index (κ1) is 15.4. The van der Waals surface area contributed by atoms with E-state index in [-0.39, 0.29) is 44.9 Å². The van der Waals surface area contributed by atoms with E-state index < -0.39 is 16.3 Å². The third kappa shape index (κ3) is 2.66. The molecule has 23 heavy (non-hydrogen) atoms. The van der Waals surface area contributed by atoms with Crippen LogP contribution in [0.15, 0.2) is 23.0 Å². The summed E-state index contributed by atoms with van der Waals surface area (Å²) in [5.41, 5.74) is -0.903. The minimum absolute atomic E-state index is 0.0759. The van der Waals surface area contributed by atoms with Crippen LogP contribution in [0.5, 0.6) is 11.6 Å². The van der Waals surface area contributed by atoms with Crippen LogP contribution < -0.4 is 10.3 Å². The normalized spacial score (nSPS) is 12.7. The second-order valence-corrected chi connectivity index (χ2v) is 5.38. The number of allylic oxidation sites excluding steroid dienone is 1. The molecular weight excluding hydrogens is 352 g/mol. The molecule has 1 N–H and O–H groups in total. The first-order chi connectivity index (χ1) is 10.9. The lowest BCUT2D eigenvalue weighted by molar-refractivity contribution is -0.384. The van der Waals surface area contributed by atoms with Crippen molar-refractivity contribution in [3.05, 3.63) is 59.8 Å². The van der Waals surface area contributed by atoms with Crippen LogP contribution in [0.2, 0.25) is 10.0 Å². The number of nitro groups is 1. The number of aromatic amines is 1. The molecule has 0 amide bonds.